The summed E-state index contributed by atoms with van der Waals surface area (Å²) in [6.45, 7) is 2.47. The number of aliphatic hydroxyl groups excluding tert-OH is 1. The lowest BCUT2D eigenvalue weighted by molar-refractivity contribution is -0.275. The fourth-order valence-corrected chi connectivity index (χ4v) is 5.76. The van der Waals surface area contributed by atoms with Gasteiger partial charge in [-0.15, -0.1) is 13.2 Å². The second-order valence-corrected chi connectivity index (χ2v) is 11.6. The van der Waals surface area contributed by atoms with E-state index in [1.54, 1.807) is 24.3 Å². The zero-order valence-corrected chi connectivity index (χ0v) is 24.5. The first-order valence-electron chi connectivity index (χ1n) is 14.6. The first kappa shape index (κ1) is 32.1. The van der Waals surface area contributed by atoms with Crippen molar-refractivity contribution < 1.29 is 27.4 Å². The molecule has 0 spiro atoms. The number of aryl methyl sites for hydroxylation is 1. The number of rotatable bonds is 11. The molecule has 0 unspecified atom stereocenters. The van der Waals surface area contributed by atoms with Gasteiger partial charge in [-0.1, -0.05) is 12.1 Å². The van der Waals surface area contributed by atoms with Gasteiger partial charge in [0.05, 0.1) is 23.3 Å². The Hall–Kier alpha value is -4.27. The highest BCUT2D eigenvalue weighted by Gasteiger charge is 2.34. The molecule has 0 amide bonds. The Kier molecular flexibility index (Phi) is 9.28. The topological polar surface area (TPSA) is 168 Å². The summed E-state index contributed by atoms with van der Waals surface area (Å²) in [5.74, 6) is -1.88. The van der Waals surface area contributed by atoms with Crippen LogP contribution in [0.1, 0.15) is 49.8 Å². The standard InChI is InChI=1S/C31H35F4N7O3/c1-16(36)3-2-4-17-9-22(27(32)25(11-17)45-31(33,34)35)23-13-20-15-42(30(44)41-29(20)40-23)21-7-5-19(6-8-21)28(43)24-10-18(14-39-24)12-26(37)38/h5-9,11,13,15-16,18,24,28,39,43H,2-4,10,12,14,36H2,1H3,(H3,37,38)(H,40,41,44)/t16-,18-,24-,28+/m0/s1. The summed E-state index contributed by atoms with van der Waals surface area (Å²) in [6, 6.07) is 10.4. The van der Waals surface area contributed by atoms with Crippen molar-refractivity contribution in [2.45, 2.75) is 63.6 Å². The number of alkyl halides is 3. The van der Waals surface area contributed by atoms with Crippen LogP contribution in [0.5, 0.6) is 5.75 Å². The Morgan fingerprint density at radius 1 is 1.24 bits per heavy atom. The van der Waals surface area contributed by atoms with Gasteiger partial charge >= 0.3 is 12.1 Å². The third kappa shape index (κ3) is 7.70. The molecular formula is C31H35F4N7O3. The first-order valence-corrected chi connectivity index (χ1v) is 14.6. The van der Waals surface area contributed by atoms with Gasteiger partial charge in [0.15, 0.2) is 11.6 Å². The third-order valence-corrected chi connectivity index (χ3v) is 7.91. The number of aliphatic hydroxyl groups is 1. The number of amidine groups is 1. The molecule has 1 saturated heterocycles. The Morgan fingerprint density at radius 3 is 2.64 bits per heavy atom. The summed E-state index contributed by atoms with van der Waals surface area (Å²) in [5, 5.41) is 22.1. The van der Waals surface area contributed by atoms with Gasteiger partial charge in [-0.3, -0.25) is 9.98 Å². The molecule has 5 rings (SSSR count). The molecule has 45 heavy (non-hydrogen) atoms. The Bertz CT molecular complexity index is 1730. The zero-order chi connectivity index (χ0) is 32.5. The van der Waals surface area contributed by atoms with Crippen LogP contribution in [-0.2, 0) is 6.42 Å². The average Bonchev–Trinajstić information content (AvgIpc) is 3.59. The van der Waals surface area contributed by atoms with Crippen molar-refractivity contribution in [1.29, 1.82) is 5.41 Å². The SMILES string of the molecule is C[C@H](N)CCCc1cc(OC(F)(F)F)c(F)c(-c2cc3cn(-c4ccc([C@@H](O)[C@@H]5C[C@@H](CC(=N)N)CN5)cc4)c(=O)nc3[nH]2)c1. The lowest BCUT2D eigenvalue weighted by Crippen LogP contribution is -2.28. The average molecular weight is 630 g/mol. The highest BCUT2D eigenvalue weighted by Crippen LogP contribution is 2.35. The molecule has 8 N–H and O–H groups in total. The van der Waals surface area contributed by atoms with E-state index in [-0.39, 0.29) is 40.7 Å². The molecule has 4 aromatic rings. The number of nitrogens with two attached hydrogens (primary N) is 2. The predicted molar refractivity (Wildman–Crippen MR) is 162 cm³/mol. The number of hydrogen-bond donors (Lipinski definition) is 6. The molecule has 2 aromatic carbocycles. The van der Waals surface area contributed by atoms with Crippen LogP contribution in [0, 0.1) is 17.1 Å². The van der Waals surface area contributed by atoms with Gasteiger partial charge < -0.3 is 31.6 Å². The van der Waals surface area contributed by atoms with Crippen LogP contribution >= 0.6 is 0 Å². The van der Waals surface area contributed by atoms with Crippen molar-refractivity contribution in [3.8, 4) is 22.7 Å². The maximum absolute atomic E-state index is 15.4. The van der Waals surface area contributed by atoms with Crippen LogP contribution in [0.4, 0.5) is 17.6 Å². The van der Waals surface area contributed by atoms with E-state index >= 15 is 4.39 Å². The molecule has 0 radical (unpaired) electrons. The fraction of sp³-hybridized carbons (Fsp3) is 0.387. The van der Waals surface area contributed by atoms with E-state index in [9.17, 15) is 23.1 Å². The first-order chi connectivity index (χ1) is 21.3. The monoisotopic (exact) mass is 629 g/mol. The molecule has 0 bridgehead atoms. The number of aromatic nitrogens is 3. The molecule has 10 nitrogen and oxygen atoms in total. The van der Waals surface area contributed by atoms with E-state index in [1.165, 1.54) is 22.9 Å². The lowest BCUT2D eigenvalue weighted by Gasteiger charge is -2.19. The van der Waals surface area contributed by atoms with E-state index in [0.717, 1.165) is 6.07 Å². The molecule has 14 heteroatoms. The van der Waals surface area contributed by atoms with Crippen LogP contribution in [0.3, 0.4) is 0 Å². The molecule has 0 saturated carbocycles. The molecule has 1 aliphatic heterocycles. The van der Waals surface area contributed by atoms with Crippen molar-refractivity contribution >= 4 is 16.9 Å². The second-order valence-electron chi connectivity index (χ2n) is 11.6. The molecule has 0 aliphatic carbocycles. The van der Waals surface area contributed by atoms with Crippen LogP contribution in [-0.4, -0.2) is 50.5 Å². The van der Waals surface area contributed by atoms with Gasteiger partial charge in [0, 0.05) is 35.7 Å². The molecule has 2 aromatic heterocycles. The van der Waals surface area contributed by atoms with Crippen LogP contribution in [0.25, 0.3) is 28.0 Å². The van der Waals surface area contributed by atoms with Crippen LogP contribution in [0.15, 0.2) is 53.5 Å². The maximum Gasteiger partial charge on any atom is 0.573 e. The van der Waals surface area contributed by atoms with Gasteiger partial charge in [0.1, 0.15) is 5.65 Å². The molecule has 4 atom stereocenters. The number of nitrogens with zero attached hydrogens (tertiary/aromatic N) is 2. The summed E-state index contributed by atoms with van der Waals surface area (Å²) in [5.41, 5.74) is 12.3. The molecule has 3 heterocycles. The summed E-state index contributed by atoms with van der Waals surface area (Å²) < 4.78 is 59.9. The maximum atomic E-state index is 15.4. The quantitative estimate of drug-likeness (QED) is 0.0811. The molecule has 240 valence electrons. The number of benzene rings is 2. The van der Waals surface area contributed by atoms with Gasteiger partial charge in [0.25, 0.3) is 0 Å². The fourth-order valence-electron chi connectivity index (χ4n) is 5.76. The molecule has 1 aliphatic rings. The van der Waals surface area contributed by atoms with Gasteiger partial charge in [-0.05, 0) is 86.5 Å². The van der Waals surface area contributed by atoms with Gasteiger partial charge in [0.2, 0.25) is 0 Å². The number of fused-ring (bicyclic) bond motifs is 1. The van der Waals surface area contributed by atoms with Crippen molar-refractivity contribution in [3.05, 3.63) is 76.1 Å². The summed E-state index contributed by atoms with van der Waals surface area (Å²) in [6.07, 6.45) is -1.72. The summed E-state index contributed by atoms with van der Waals surface area (Å²) in [4.78, 5) is 19.9. The van der Waals surface area contributed by atoms with Crippen molar-refractivity contribution in [3.63, 3.8) is 0 Å². The smallest absolute Gasteiger partial charge is 0.403 e. The van der Waals surface area contributed by atoms with E-state index in [1.807, 2.05) is 6.92 Å². The Balaban J connectivity index is 1.42. The largest absolute Gasteiger partial charge is 0.573 e. The number of halogens is 4. The number of aromatic amines is 1. The Labute approximate surface area is 255 Å². The minimum atomic E-state index is -5.09. The van der Waals surface area contributed by atoms with E-state index in [0.29, 0.717) is 60.8 Å². The van der Waals surface area contributed by atoms with Gasteiger partial charge in [-0.2, -0.15) is 4.98 Å². The predicted octanol–water partition coefficient (Wildman–Crippen LogP) is 4.43. The number of H-pyrrole nitrogens is 1. The minimum Gasteiger partial charge on any atom is -0.403 e. The van der Waals surface area contributed by atoms with E-state index in [2.05, 4.69) is 20.0 Å². The van der Waals surface area contributed by atoms with E-state index < -0.39 is 29.7 Å². The van der Waals surface area contributed by atoms with Crippen LogP contribution < -0.4 is 27.2 Å². The van der Waals surface area contributed by atoms with Crippen molar-refractivity contribution in [2.24, 2.45) is 17.4 Å². The van der Waals surface area contributed by atoms with Gasteiger partial charge in [-0.25, -0.2) is 9.18 Å². The number of nitrogens with one attached hydrogen (secondary N) is 3. The number of ether oxygens (including phenoxy) is 1. The Morgan fingerprint density at radius 2 is 1.98 bits per heavy atom. The lowest BCUT2D eigenvalue weighted by atomic mass is 9.95. The highest BCUT2D eigenvalue weighted by atomic mass is 19.4. The highest BCUT2D eigenvalue weighted by molar-refractivity contribution is 5.83. The zero-order valence-electron chi connectivity index (χ0n) is 24.5. The molecule has 1 fully saturated rings. The third-order valence-electron chi connectivity index (χ3n) is 7.91. The summed E-state index contributed by atoms with van der Waals surface area (Å²) >= 11 is 0. The second kappa shape index (κ2) is 13.0. The normalized spacial score (nSPS) is 18.3. The molecular weight excluding hydrogens is 594 g/mol. The summed E-state index contributed by atoms with van der Waals surface area (Å²) in [7, 11) is 0. The van der Waals surface area contributed by atoms with Crippen LogP contribution in [0.2, 0.25) is 0 Å². The minimum absolute atomic E-state index is 0.0967. The van der Waals surface area contributed by atoms with E-state index in [4.69, 9.17) is 16.9 Å². The van der Waals surface area contributed by atoms with Crippen molar-refractivity contribution in [1.82, 2.24) is 19.9 Å². The van der Waals surface area contributed by atoms with Crippen molar-refractivity contribution in [2.75, 3.05) is 6.54 Å². The number of hydrogen-bond acceptors (Lipinski definition) is 7.